The monoisotopic (exact) mass is 326 g/mol. The highest BCUT2D eigenvalue weighted by Crippen LogP contribution is 2.14. The smallest absolute Gasteiger partial charge is 0.264 e. The van der Waals surface area contributed by atoms with Crippen LogP contribution in [-0.2, 0) is 6.54 Å². The van der Waals surface area contributed by atoms with Crippen LogP contribution in [-0.4, -0.2) is 11.1 Å². The van der Waals surface area contributed by atoms with Crippen molar-refractivity contribution in [2.45, 2.75) is 6.54 Å². The van der Waals surface area contributed by atoms with E-state index in [9.17, 15) is 4.79 Å². The van der Waals surface area contributed by atoms with E-state index >= 15 is 0 Å². The predicted molar refractivity (Wildman–Crippen MR) is 78.3 cm³/mol. The van der Waals surface area contributed by atoms with Gasteiger partial charge in [-0.15, -0.1) is 0 Å². The molecule has 1 heterocycles. The Balaban J connectivity index is 1.97. The van der Waals surface area contributed by atoms with E-state index in [0.717, 1.165) is 5.69 Å². The molecule has 2 aromatic rings. The number of aromatic nitrogens is 1. The first-order valence-corrected chi connectivity index (χ1v) is 6.68. The van der Waals surface area contributed by atoms with Crippen LogP contribution in [0.25, 0.3) is 0 Å². The molecule has 0 saturated carbocycles. The van der Waals surface area contributed by atoms with E-state index in [1.54, 1.807) is 16.8 Å². The summed E-state index contributed by atoms with van der Waals surface area (Å²) in [6.07, 6.45) is 1.77. The highest BCUT2D eigenvalue weighted by molar-refractivity contribution is 9.10. The Hall–Kier alpha value is -1.26. The van der Waals surface area contributed by atoms with Crippen molar-refractivity contribution in [1.29, 1.82) is 0 Å². The van der Waals surface area contributed by atoms with Crippen LogP contribution >= 0.6 is 27.5 Å². The molecule has 0 aliphatic carbocycles. The lowest BCUT2D eigenvalue weighted by Crippen LogP contribution is -2.23. The van der Waals surface area contributed by atoms with Gasteiger partial charge in [0.15, 0.2) is 0 Å². The second-order valence-corrected chi connectivity index (χ2v) is 5.08. The number of benzene rings is 1. The van der Waals surface area contributed by atoms with E-state index in [-0.39, 0.29) is 5.56 Å². The van der Waals surface area contributed by atoms with Crippen molar-refractivity contribution < 1.29 is 0 Å². The van der Waals surface area contributed by atoms with Crippen molar-refractivity contribution in [1.82, 2.24) is 4.57 Å². The molecule has 0 unspecified atom stereocenters. The molecule has 0 bridgehead atoms. The number of anilines is 1. The van der Waals surface area contributed by atoms with E-state index in [0.29, 0.717) is 22.6 Å². The lowest BCUT2D eigenvalue weighted by Gasteiger charge is -2.08. The number of pyridine rings is 1. The molecule has 18 heavy (non-hydrogen) atoms. The minimum Gasteiger partial charge on any atom is -0.383 e. The maximum Gasteiger partial charge on any atom is 0.264 e. The van der Waals surface area contributed by atoms with E-state index in [1.807, 2.05) is 30.3 Å². The summed E-state index contributed by atoms with van der Waals surface area (Å²) in [7, 11) is 0. The summed E-state index contributed by atoms with van der Waals surface area (Å²) in [5, 5.41) is 3.92. The van der Waals surface area contributed by atoms with Crippen LogP contribution in [0.4, 0.5) is 5.69 Å². The number of rotatable bonds is 4. The van der Waals surface area contributed by atoms with Gasteiger partial charge in [-0.2, -0.15) is 0 Å². The summed E-state index contributed by atoms with van der Waals surface area (Å²) in [6.45, 7) is 1.27. The Morgan fingerprint density at radius 3 is 2.89 bits per heavy atom. The van der Waals surface area contributed by atoms with Gasteiger partial charge in [0.1, 0.15) is 0 Å². The molecular weight excluding hydrogens is 316 g/mol. The molecule has 0 radical (unpaired) electrons. The minimum absolute atomic E-state index is 0.0228. The van der Waals surface area contributed by atoms with Crippen molar-refractivity contribution in [2.75, 3.05) is 11.9 Å². The topological polar surface area (TPSA) is 34.0 Å². The third-order valence-electron chi connectivity index (χ3n) is 2.48. The number of halogens is 2. The van der Waals surface area contributed by atoms with E-state index in [1.165, 1.54) is 0 Å². The van der Waals surface area contributed by atoms with Crippen molar-refractivity contribution in [2.24, 2.45) is 0 Å². The molecule has 0 aliphatic rings. The molecule has 0 spiro atoms. The maximum atomic E-state index is 11.7. The summed E-state index contributed by atoms with van der Waals surface area (Å²) in [4.78, 5) is 11.7. The average Bonchev–Trinajstić information content (AvgIpc) is 2.35. The van der Waals surface area contributed by atoms with Gasteiger partial charge >= 0.3 is 0 Å². The third-order valence-corrected chi connectivity index (χ3v) is 3.32. The molecular formula is C13H12BrClN2O. The van der Waals surface area contributed by atoms with E-state index in [2.05, 4.69) is 21.2 Å². The lowest BCUT2D eigenvalue weighted by atomic mass is 10.3. The fourth-order valence-corrected chi connectivity index (χ4v) is 2.17. The zero-order valence-corrected chi connectivity index (χ0v) is 11.9. The molecule has 0 aliphatic heterocycles. The first kappa shape index (κ1) is 13.2. The molecule has 0 amide bonds. The molecule has 0 saturated heterocycles. The Bertz CT molecular complexity index is 598. The second-order valence-electron chi connectivity index (χ2n) is 3.79. The van der Waals surface area contributed by atoms with Gasteiger partial charge < -0.3 is 9.88 Å². The summed E-state index contributed by atoms with van der Waals surface area (Å²) in [5.74, 6) is 0. The Labute approximate surface area is 119 Å². The normalized spacial score (nSPS) is 10.3. The summed E-state index contributed by atoms with van der Waals surface area (Å²) in [5.41, 5.74) is 0.927. The molecule has 5 heteroatoms. The summed E-state index contributed by atoms with van der Waals surface area (Å²) < 4.78 is 2.23. The Morgan fingerprint density at radius 2 is 2.11 bits per heavy atom. The zero-order chi connectivity index (χ0) is 13.0. The SMILES string of the molecule is O=c1c(Br)cccn1CCNc1cccc(Cl)c1. The molecule has 1 aromatic carbocycles. The highest BCUT2D eigenvalue weighted by atomic mass is 79.9. The first-order valence-electron chi connectivity index (χ1n) is 5.51. The van der Waals surface area contributed by atoms with Crippen LogP contribution in [0.1, 0.15) is 0 Å². The van der Waals surface area contributed by atoms with Crippen molar-refractivity contribution in [3.8, 4) is 0 Å². The molecule has 1 N–H and O–H groups in total. The van der Waals surface area contributed by atoms with Crippen LogP contribution in [0.15, 0.2) is 51.9 Å². The van der Waals surface area contributed by atoms with Crippen molar-refractivity contribution in [3.63, 3.8) is 0 Å². The van der Waals surface area contributed by atoms with Gasteiger partial charge in [0.05, 0.1) is 4.47 Å². The highest BCUT2D eigenvalue weighted by Gasteiger charge is 1.99. The van der Waals surface area contributed by atoms with Crippen LogP contribution in [0.2, 0.25) is 5.02 Å². The number of hydrogen-bond acceptors (Lipinski definition) is 2. The van der Waals surface area contributed by atoms with Gasteiger partial charge in [0.25, 0.3) is 5.56 Å². The van der Waals surface area contributed by atoms with Gasteiger partial charge in [-0.05, 0) is 46.3 Å². The van der Waals surface area contributed by atoms with Crippen molar-refractivity contribution in [3.05, 3.63) is 62.4 Å². The van der Waals surface area contributed by atoms with Gasteiger partial charge in [-0.3, -0.25) is 4.79 Å². The summed E-state index contributed by atoms with van der Waals surface area (Å²) >= 11 is 9.11. The molecule has 0 fully saturated rings. The largest absolute Gasteiger partial charge is 0.383 e. The first-order chi connectivity index (χ1) is 8.66. The predicted octanol–water partition coefficient (Wildman–Crippen LogP) is 3.38. The van der Waals surface area contributed by atoms with Gasteiger partial charge in [-0.1, -0.05) is 17.7 Å². The van der Waals surface area contributed by atoms with Gasteiger partial charge in [0.2, 0.25) is 0 Å². The second kappa shape index (κ2) is 6.07. The Morgan fingerprint density at radius 1 is 1.28 bits per heavy atom. The van der Waals surface area contributed by atoms with Gasteiger partial charge in [-0.25, -0.2) is 0 Å². The van der Waals surface area contributed by atoms with E-state index < -0.39 is 0 Å². The van der Waals surface area contributed by atoms with Crippen LogP contribution in [0.3, 0.4) is 0 Å². The van der Waals surface area contributed by atoms with E-state index in [4.69, 9.17) is 11.6 Å². The molecule has 3 nitrogen and oxygen atoms in total. The molecule has 94 valence electrons. The van der Waals surface area contributed by atoms with Crippen LogP contribution in [0.5, 0.6) is 0 Å². The van der Waals surface area contributed by atoms with Gasteiger partial charge in [0, 0.05) is 30.0 Å². The molecule has 1 aromatic heterocycles. The van der Waals surface area contributed by atoms with Crippen molar-refractivity contribution >= 4 is 33.2 Å². The standard InChI is InChI=1S/C13H12BrClN2O/c14-12-5-2-7-17(13(12)18)8-6-16-11-4-1-3-10(15)9-11/h1-5,7,9,16H,6,8H2. The molecule has 2 rings (SSSR count). The average molecular weight is 328 g/mol. The van der Waals surface area contributed by atoms with Crippen LogP contribution < -0.4 is 10.9 Å². The lowest BCUT2D eigenvalue weighted by molar-refractivity contribution is 0.694. The maximum absolute atomic E-state index is 11.7. The fraction of sp³-hybridized carbons (Fsp3) is 0.154. The Kier molecular flexibility index (Phi) is 4.44. The fourth-order valence-electron chi connectivity index (χ4n) is 1.60. The minimum atomic E-state index is -0.0228. The summed E-state index contributed by atoms with van der Waals surface area (Å²) in [6, 6.07) is 11.1. The zero-order valence-electron chi connectivity index (χ0n) is 9.57. The third kappa shape index (κ3) is 3.37. The number of nitrogens with one attached hydrogen (secondary N) is 1. The number of nitrogens with zero attached hydrogens (tertiary/aromatic N) is 1. The van der Waals surface area contributed by atoms with Crippen LogP contribution in [0, 0.1) is 0 Å². The quantitative estimate of drug-likeness (QED) is 0.934. The molecule has 0 atom stereocenters. The number of hydrogen-bond donors (Lipinski definition) is 1.